The third kappa shape index (κ3) is 4.51. The molecule has 138 valence electrons. The predicted octanol–water partition coefficient (Wildman–Crippen LogP) is 4.36. The maximum absolute atomic E-state index is 13.6. The number of pyridine rings is 1. The Hall–Kier alpha value is -1.72. The van der Waals surface area contributed by atoms with E-state index in [0.29, 0.717) is 0 Å². The SMILES string of the molecule is Cl.Cl.Fc1cccc(C2CNCCN2Cc2ccc3ccccc3n2)c1. The Kier molecular flexibility index (Phi) is 7.35. The molecule has 1 aromatic heterocycles. The van der Waals surface area contributed by atoms with E-state index >= 15 is 0 Å². The molecule has 1 atom stereocenters. The Morgan fingerprint density at radius 1 is 1.04 bits per heavy atom. The van der Waals surface area contributed by atoms with Crippen LogP contribution < -0.4 is 5.32 Å². The van der Waals surface area contributed by atoms with Gasteiger partial charge in [-0.25, -0.2) is 4.39 Å². The first-order chi connectivity index (χ1) is 11.8. The van der Waals surface area contributed by atoms with Gasteiger partial charge in [0.05, 0.1) is 11.2 Å². The lowest BCUT2D eigenvalue weighted by Crippen LogP contribution is -2.45. The van der Waals surface area contributed by atoms with Crippen molar-refractivity contribution in [3.63, 3.8) is 0 Å². The summed E-state index contributed by atoms with van der Waals surface area (Å²) in [7, 11) is 0. The summed E-state index contributed by atoms with van der Waals surface area (Å²) in [6.07, 6.45) is 0. The number of halogens is 3. The van der Waals surface area contributed by atoms with Gasteiger partial charge >= 0.3 is 0 Å². The molecule has 0 spiro atoms. The van der Waals surface area contributed by atoms with Crippen molar-refractivity contribution in [1.82, 2.24) is 15.2 Å². The van der Waals surface area contributed by atoms with Gasteiger partial charge in [0.15, 0.2) is 0 Å². The molecule has 26 heavy (non-hydrogen) atoms. The van der Waals surface area contributed by atoms with E-state index in [1.54, 1.807) is 12.1 Å². The molecule has 1 fully saturated rings. The zero-order valence-electron chi connectivity index (χ0n) is 14.3. The summed E-state index contributed by atoms with van der Waals surface area (Å²) in [6, 6.07) is 19.5. The van der Waals surface area contributed by atoms with E-state index < -0.39 is 0 Å². The number of hydrogen-bond donors (Lipinski definition) is 1. The maximum Gasteiger partial charge on any atom is 0.123 e. The Morgan fingerprint density at radius 2 is 1.88 bits per heavy atom. The number of nitrogens with zero attached hydrogens (tertiary/aromatic N) is 2. The number of hydrogen-bond acceptors (Lipinski definition) is 3. The van der Waals surface area contributed by atoms with Gasteiger partial charge in [-0.05, 0) is 29.8 Å². The minimum absolute atomic E-state index is 0. The van der Waals surface area contributed by atoms with Gasteiger partial charge in [-0.3, -0.25) is 9.88 Å². The molecule has 0 saturated carbocycles. The Labute approximate surface area is 165 Å². The second-order valence-electron chi connectivity index (χ2n) is 6.24. The van der Waals surface area contributed by atoms with Crippen LogP contribution >= 0.6 is 24.8 Å². The van der Waals surface area contributed by atoms with Crippen molar-refractivity contribution in [2.75, 3.05) is 19.6 Å². The van der Waals surface area contributed by atoms with Crippen LogP contribution in [0.15, 0.2) is 60.7 Å². The lowest BCUT2D eigenvalue weighted by atomic mass is 10.0. The van der Waals surface area contributed by atoms with Gasteiger partial charge in [0, 0.05) is 37.6 Å². The average Bonchev–Trinajstić information content (AvgIpc) is 2.62. The molecule has 0 bridgehead atoms. The summed E-state index contributed by atoms with van der Waals surface area (Å²) < 4.78 is 13.6. The highest BCUT2D eigenvalue weighted by molar-refractivity contribution is 5.85. The maximum atomic E-state index is 13.6. The molecule has 0 amide bonds. The number of para-hydroxylation sites is 1. The van der Waals surface area contributed by atoms with Gasteiger partial charge in [0.2, 0.25) is 0 Å². The zero-order chi connectivity index (χ0) is 16.4. The number of nitrogens with one attached hydrogen (secondary N) is 1. The number of rotatable bonds is 3. The van der Waals surface area contributed by atoms with E-state index in [-0.39, 0.29) is 36.7 Å². The Balaban J connectivity index is 0.00000121. The summed E-state index contributed by atoms with van der Waals surface area (Å²) in [4.78, 5) is 7.16. The van der Waals surface area contributed by atoms with Crippen LogP contribution in [0, 0.1) is 5.82 Å². The first-order valence-corrected chi connectivity index (χ1v) is 8.34. The summed E-state index contributed by atoms with van der Waals surface area (Å²) in [5.74, 6) is -0.179. The average molecular weight is 394 g/mol. The van der Waals surface area contributed by atoms with Gasteiger partial charge in [0.1, 0.15) is 5.82 Å². The van der Waals surface area contributed by atoms with Crippen LogP contribution in [0.1, 0.15) is 17.3 Å². The highest BCUT2D eigenvalue weighted by Gasteiger charge is 2.24. The summed E-state index contributed by atoms with van der Waals surface area (Å²) in [6.45, 7) is 3.47. The second kappa shape index (κ2) is 9.28. The number of aromatic nitrogens is 1. The van der Waals surface area contributed by atoms with Crippen molar-refractivity contribution < 1.29 is 4.39 Å². The first-order valence-electron chi connectivity index (χ1n) is 8.34. The van der Waals surface area contributed by atoms with E-state index in [1.165, 1.54) is 6.07 Å². The lowest BCUT2D eigenvalue weighted by Gasteiger charge is -2.36. The largest absolute Gasteiger partial charge is 0.314 e. The van der Waals surface area contributed by atoms with Crippen LogP contribution in [0.2, 0.25) is 0 Å². The van der Waals surface area contributed by atoms with E-state index in [9.17, 15) is 4.39 Å². The molecule has 2 heterocycles. The van der Waals surface area contributed by atoms with Crippen molar-refractivity contribution in [2.45, 2.75) is 12.6 Å². The van der Waals surface area contributed by atoms with Gasteiger partial charge in [0.25, 0.3) is 0 Å². The minimum atomic E-state index is -0.179. The number of benzene rings is 2. The number of piperazine rings is 1. The van der Waals surface area contributed by atoms with Crippen molar-refractivity contribution in [2.24, 2.45) is 0 Å². The van der Waals surface area contributed by atoms with Crippen LogP contribution in [0.4, 0.5) is 4.39 Å². The minimum Gasteiger partial charge on any atom is -0.314 e. The first kappa shape index (κ1) is 20.6. The molecule has 1 aliphatic heterocycles. The molecular weight excluding hydrogens is 372 g/mol. The fourth-order valence-electron chi connectivity index (χ4n) is 3.38. The van der Waals surface area contributed by atoms with Crippen molar-refractivity contribution >= 4 is 35.7 Å². The monoisotopic (exact) mass is 393 g/mol. The van der Waals surface area contributed by atoms with E-state index in [1.807, 2.05) is 24.3 Å². The predicted molar refractivity (Wildman–Crippen MR) is 109 cm³/mol. The highest BCUT2D eigenvalue weighted by Crippen LogP contribution is 2.25. The molecule has 1 unspecified atom stereocenters. The molecule has 0 aliphatic carbocycles. The highest BCUT2D eigenvalue weighted by atomic mass is 35.5. The van der Waals surface area contributed by atoms with Crippen molar-refractivity contribution in [3.8, 4) is 0 Å². The summed E-state index contributed by atoms with van der Waals surface area (Å²) >= 11 is 0. The third-order valence-corrected chi connectivity index (χ3v) is 4.61. The van der Waals surface area contributed by atoms with Gasteiger partial charge < -0.3 is 5.32 Å². The smallest absolute Gasteiger partial charge is 0.123 e. The van der Waals surface area contributed by atoms with Gasteiger partial charge in [-0.2, -0.15) is 0 Å². The molecule has 1 saturated heterocycles. The summed E-state index contributed by atoms with van der Waals surface area (Å²) in [5, 5.41) is 4.57. The standard InChI is InChI=1S/C20H20FN3.2ClH/c21-17-6-3-5-16(12-17)20-13-22-10-11-24(20)14-18-9-8-15-4-1-2-7-19(15)23-18;;/h1-9,12,20,22H,10-11,13-14H2;2*1H. The second-order valence-corrected chi connectivity index (χ2v) is 6.24. The van der Waals surface area contributed by atoms with Crippen LogP contribution in [-0.4, -0.2) is 29.5 Å². The van der Waals surface area contributed by atoms with E-state index in [2.05, 4.69) is 28.4 Å². The molecule has 2 aromatic carbocycles. The van der Waals surface area contributed by atoms with Crippen molar-refractivity contribution in [3.05, 3.63) is 77.7 Å². The van der Waals surface area contributed by atoms with Gasteiger partial charge in [-0.1, -0.05) is 36.4 Å². The van der Waals surface area contributed by atoms with Crippen LogP contribution in [-0.2, 0) is 6.54 Å². The molecule has 3 aromatic rings. The molecule has 1 N–H and O–H groups in total. The molecule has 0 radical (unpaired) electrons. The fraction of sp³-hybridized carbons (Fsp3) is 0.250. The fourth-order valence-corrected chi connectivity index (χ4v) is 3.38. The summed E-state index contributed by atoms with van der Waals surface area (Å²) in [5.41, 5.74) is 3.09. The molecule has 4 rings (SSSR count). The van der Waals surface area contributed by atoms with E-state index in [0.717, 1.165) is 48.3 Å². The Bertz CT molecular complexity index is 859. The lowest BCUT2D eigenvalue weighted by molar-refractivity contribution is 0.152. The quantitative estimate of drug-likeness (QED) is 0.716. The molecule has 3 nitrogen and oxygen atoms in total. The molecule has 6 heteroatoms. The molecule has 1 aliphatic rings. The van der Waals surface area contributed by atoms with Gasteiger partial charge in [-0.15, -0.1) is 24.8 Å². The zero-order valence-corrected chi connectivity index (χ0v) is 15.9. The van der Waals surface area contributed by atoms with Crippen molar-refractivity contribution in [1.29, 1.82) is 0 Å². The van der Waals surface area contributed by atoms with Crippen LogP contribution in [0.3, 0.4) is 0 Å². The number of fused-ring (bicyclic) bond motifs is 1. The van der Waals surface area contributed by atoms with Crippen LogP contribution in [0.5, 0.6) is 0 Å². The Morgan fingerprint density at radius 3 is 2.73 bits per heavy atom. The molecular formula is C20H22Cl2FN3. The van der Waals surface area contributed by atoms with Crippen LogP contribution in [0.25, 0.3) is 10.9 Å². The normalized spacial score (nSPS) is 17.3. The topological polar surface area (TPSA) is 28.2 Å². The third-order valence-electron chi connectivity index (χ3n) is 4.61. The van der Waals surface area contributed by atoms with E-state index in [4.69, 9.17) is 4.98 Å².